The standard InChI is InChI=1S/C20H18N4O/c1-23-20(25)24(2)22-19(21-23)16-11-9-14-7-6-12-4-3-5-13-8-10-15(16)18(14)17(12)13/h3-11,19,21-22H,1-2H3. The van der Waals surface area contributed by atoms with E-state index in [9.17, 15) is 4.79 Å². The number of benzene rings is 4. The van der Waals surface area contributed by atoms with Crippen molar-refractivity contribution in [3.05, 3.63) is 60.2 Å². The van der Waals surface area contributed by atoms with Crippen LogP contribution >= 0.6 is 0 Å². The molecule has 1 heterocycles. The second kappa shape index (κ2) is 5.05. The van der Waals surface area contributed by atoms with E-state index in [0.717, 1.165) is 5.56 Å². The van der Waals surface area contributed by atoms with Crippen LogP contribution in [-0.4, -0.2) is 30.1 Å². The zero-order valence-corrected chi connectivity index (χ0v) is 14.1. The van der Waals surface area contributed by atoms with Gasteiger partial charge < -0.3 is 0 Å². The van der Waals surface area contributed by atoms with Gasteiger partial charge in [0.25, 0.3) is 0 Å². The van der Waals surface area contributed by atoms with Gasteiger partial charge in [0.15, 0.2) is 0 Å². The number of nitrogens with zero attached hydrogens (tertiary/aromatic N) is 2. The summed E-state index contributed by atoms with van der Waals surface area (Å²) in [5.74, 6) is 0. The highest BCUT2D eigenvalue weighted by atomic mass is 16.2. The van der Waals surface area contributed by atoms with Gasteiger partial charge >= 0.3 is 6.03 Å². The number of urea groups is 1. The molecule has 2 N–H and O–H groups in total. The summed E-state index contributed by atoms with van der Waals surface area (Å²) in [6, 6.07) is 19.3. The monoisotopic (exact) mass is 330 g/mol. The van der Waals surface area contributed by atoms with Gasteiger partial charge in [-0.2, -0.15) is 0 Å². The molecule has 1 fully saturated rings. The Morgan fingerprint density at radius 3 is 2.00 bits per heavy atom. The molecule has 0 aromatic heterocycles. The number of carbonyl (C=O) groups is 1. The molecular formula is C20H18N4O. The van der Waals surface area contributed by atoms with Crippen LogP contribution in [0.5, 0.6) is 0 Å². The molecule has 0 saturated carbocycles. The van der Waals surface area contributed by atoms with Crippen LogP contribution in [0.25, 0.3) is 32.3 Å². The molecule has 1 aliphatic heterocycles. The molecule has 0 radical (unpaired) electrons. The molecular weight excluding hydrogens is 312 g/mol. The average molecular weight is 330 g/mol. The van der Waals surface area contributed by atoms with Crippen molar-refractivity contribution in [2.45, 2.75) is 6.17 Å². The summed E-state index contributed by atoms with van der Waals surface area (Å²) in [5.41, 5.74) is 7.56. The normalized spacial score (nSPS) is 16.6. The van der Waals surface area contributed by atoms with Gasteiger partial charge in [0.2, 0.25) is 0 Å². The van der Waals surface area contributed by atoms with Gasteiger partial charge in [0.05, 0.1) is 0 Å². The Labute approximate surface area is 145 Å². The van der Waals surface area contributed by atoms with Crippen LogP contribution in [0, 0.1) is 0 Å². The smallest absolute Gasteiger partial charge is 0.260 e. The molecule has 0 aliphatic carbocycles. The summed E-state index contributed by atoms with van der Waals surface area (Å²) < 4.78 is 0. The van der Waals surface area contributed by atoms with Crippen LogP contribution in [-0.2, 0) is 0 Å². The molecule has 124 valence electrons. The zero-order valence-electron chi connectivity index (χ0n) is 14.1. The SMILES string of the molecule is CN1NC(c2ccc3ccc4cccc5ccc2c3c45)NN(C)C1=O. The Morgan fingerprint density at radius 1 is 0.760 bits per heavy atom. The summed E-state index contributed by atoms with van der Waals surface area (Å²) in [7, 11) is 3.48. The van der Waals surface area contributed by atoms with Crippen LogP contribution in [0.2, 0.25) is 0 Å². The first-order chi connectivity index (χ1) is 12.1. The van der Waals surface area contributed by atoms with Crippen LogP contribution in [0.1, 0.15) is 11.7 Å². The maximum atomic E-state index is 12.0. The van der Waals surface area contributed by atoms with Gasteiger partial charge in [-0.15, -0.1) is 0 Å². The Hall–Kier alpha value is -2.89. The third kappa shape index (κ3) is 2.00. The van der Waals surface area contributed by atoms with Crippen molar-refractivity contribution < 1.29 is 4.79 Å². The van der Waals surface area contributed by atoms with Crippen molar-refractivity contribution >= 4 is 38.3 Å². The molecule has 4 aromatic carbocycles. The van der Waals surface area contributed by atoms with Crippen molar-refractivity contribution in [1.82, 2.24) is 20.9 Å². The molecule has 5 heteroatoms. The molecule has 4 aromatic rings. The molecule has 1 aliphatic rings. The van der Waals surface area contributed by atoms with E-state index in [2.05, 4.69) is 65.4 Å². The minimum Gasteiger partial charge on any atom is -0.260 e. The van der Waals surface area contributed by atoms with Crippen molar-refractivity contribution in [2.75, 3.05) is 14.1 Å². The molecule has 2 amide bonds. The predicted octanol–water partition coefficient (Wildman–Crippen LogP) is 3.59. The molecule has 0 bridgehead atoms. The molecule has 0 unspecified atom stereocenters. The molecule has 5 nitrogen and oxygen atoms in total. The number of carbonyl (C=O) groups excluding carboxylic acids is 1. The first-order valence-corrected chi connectivity index (χ1v) is 8.34. The van der Waals surface area contributed by atoms with E-state index in [-0.39, 0.29) is 12.2 Å². The number of hydrogen-bond acceptors (Lipinski definition) is 3. The zero-order chi connectivity index (χ0) is 17.1. The summed E-state index contributed by atoms with van der Waals surface area (Å²) in [6.45, 7) is 0. The molecule has 0 atom stereocenters. The fraction of sp³-hybridized carbons (Fsp3) is 0.150. The Balaban J connectivity index is 1.78. The topological polar surface area (TPSA) is 47.6 Å². The van der Waals surface area contributed by atoms with E-state index in [1.165, 1.54) is 42.3 Å². The number of hydrazine groups is 2. The van der Waals surface area contributed by atoms with E-state index < -0.39 is 0 Å². The largest absolute Gasteiger partial charge is 0.348 e. The van der Waals surface area contributed by atoms with Crippen molar-refractivity contribution in [3.63, 3.8) is 0 Å². The molecule has 25 heavy (non-hydrogen) atoms. The average Bonchev–Trinajstić information content (AvgIpc) is 2.63. The first-order valence-electron chi connectivity index (χ1n) is 8.34. The van der Waals surface area contributed by atoms with Crippen molar-refractivity contribution in [2.24, 2.45) is 0 Å². The number of hydrogen-bond donors (Lipinski definition) is 2. The highest BCUT2D eigenvalue weighted by molar-refractivity contribution is 6.23. The van der Waals surface area contributed by atoms with Crippen LogP contribution in [0.15, 0.2) is 54.6 Å². The maximum absolute atomic E-state index is 12.0. The molecule has 1 saturated heterocycles. The lowest BCUT2D eigenvalue weighted by atomic mass is 9.91. The van der Waals surface area contributed by atoms with Crippen LogP contribution < -0.4 is 10.9 Å². The fourth-order valence-electron chi connectivity index (χ4n) is 3.90. The highest BCUT2D eigenvalue weighted by Crippen LogP contribution is 2.37. The lowest BCUT2D eigenvalue weighted by Crippen LogP contribution is -2.62. The second-order valence-corrected chi connectivity index (χ2v) is 6.60. The van der Waals surface area contributed by atoms with Crippen molar-refractivity contribution in [1.29, 1.82) is 0 Å². The summed E-state index contributed by atoms with van der Waals surface area (Å²) in [4.78, 5) is 12.0. The fourth-order valence-corrected chi connectivity index (χ4v) is 3.90. The van der Waals surface area contributed by atoms with Crippen LogP contribution in [0.4, 0.5) is 4.79 Å². The number of amides is 2. The first kappa shape index (κ1) is 14.5. The molecule has 0 spiro atoms. The van der Waals surface area contributed by atoms with E-state index in [1.54, 1.807) is 14.1 Å². The van der Waals surface area contributed by atoms with E-state index in [4.69, 9.17) is 0 Å². The minimum atomic E-state index is -0.169. The lowest BCUT2D eigenvalue weighted by molar-refractivity contribution is 0.0584. The summed E-state index contributed by atoms with van der Waals surface area (Å²) >= 11 is 0. The van der Waals surface area contributed by atoms with Gasteiger partial charge in [-0.1, -0.05) is 54.6 Å². The van der Waals surface area contributed by atoms with E-state index in [1.807, 2.05) is 0 Å². The Bertz CT molecular complexity index is 1090. The van der Waals surface area contributed by atoms with Crippen molar-refractivity contribution in [3.8, 4) is 0 Å². The number of rotatable bonds is 1. The third-order valence-corrected chi connectivity index (χ3v) is 5.09. The third-order valence-electron chi connectivity index (χ3n) is 5.09. The lowest BCUT2D eigenvalue weighted by Gasteiger charge is -2.38. The van der Waals surface area contributed by atoms with Gasteiger partial charge in [-0.25, -0.2) is 15.6 Å². The van der Waals surface area contributed by atoms with Gasteiger partial charge in [0.1, 0.15) is 6.17 Å². The maximum Gasteiger partial charge on any atom is 0.348 e. The highest BCUT2D eigenvalue weighted by Gasteiger charge is 2.28. The summed E-state index contributed by atoms with van der Waals surface area (Å²) in [6.07, 6.45) is -0.169. The Morgan fingerprint density at radius 2 is 1.32 bits per heavy atom. The quantitative estimate of drug-likeness (QED) is 0.524. The van der Waals surface area contributed by atoms with Gasteiger partial charge in [-0.3, -0.25) is 10.0 Å². The van der Waals surface area contributed by atoms with Crippen LogP contribution in [0.3, 0.4) is 0 Å². The molecule has 5 rings (SSSR count). The van der Waals surface area contributed by atoms with E-state index >= 15 is 0 Å². The van der Waals surface area contributed by atoms with E-state index in [0.29, 0.717) is 0 Å². The number of nitrogens with one attached hydrogen (secondary N) is 2. The summed E-state index contributed by atoms with van der Waals surface area (Å²) in [5, 5.41) is 10.5. The minimum absolute atomic E-state index is 0.117. The Kier molecular flexibility index (Phi) is 2.92. The second-order valence-electron chi connectivity index (χ2n) is 6.60. The predicted molar refractivity (Wildman–Crippen MR) is 100 cm³/mol. The van der Waals surface area contributed by atoms with Gasteiger partial charge in [0, 0.05) is 14.1 Å². The van der Waals surface area contributed by atoms with Gasteiger partial charge in [-0.05, 0) is 37.9 Å².